The molecular weight excluding hydrogens is 502 g/mol. The van der Waals surface area contributed by atoms with Crippen LogP contribution in [-0.4, -0.2) is 50.8 Å². The van der Waals surface area contributed by atoms with Crippen LogP contribution in [0, 0.1) is 12.7 Å². The molecule has 1 aliphatic rings. The van der Waals surface area contributed by atoms with E-state index in [0.717, 1.165) is 38.4 Å². The fraction of sp³-hybridized carbons (Fsp3) is 0.476. The largest absolute Gasteiger partial charge is 0.379 e. The second kappa shape index (κ2) is 11.8. The molecule has 0 radical (unpaired) electrons. The van der Waals surface area contributed by atoms with Crippen LogP contribution in [0.25, 0.3) is 0 Å². The standard InChI is InChI=1S/C21H29FN4OS.HI/c1-15-6-7-17(13-18(15)22)16(2)25-21(23-3)24-14-19(20-5-4-12-28-20)26-8-10-27-11-9-26;/h4-7,12-13,16,19H,8-11,14H2,1-3H3,(H2,23,24,25);1H. The maximum atomic E-state index is 13.9. The van der Waals surface area contributed by atoms with Gasteiger partial charge in [0, 0.05) is 31.6 Å². The number of nitrogens with zero attached hydrogens (tertiary/aromatic N) is 2. The second-order valence-electron chi connectivity index (χ2n) is 7.01. The molecule has 0 amide bonds. The number of ether oxygens (including phenoxy) is 1. The SMILES string of the molecule is CN=C(NCC(c1cccs1)N1CCOCC1)NC(C)c1ccc(C)c(F)c1.I. The van der Waals surface area contributed by atoms with Crippen molar-refractivity contribution in [1.82, 2.24) is 15.5 Å². The summed E-state index contributed by atoms with van der Waals surface area (Å²) in [5.41, 5.74) is 1.55. The van der Waals surface area contributed by atoms with E-state index in [1.54, 1.807) is 31.4 Å². The summed E-state index contributed by atoms with van der Waals surface area (Å²) in [6.45, 7) is 7.92. The van der Waals surface area contributed by atoms with Gasteiger partial charge >= 0.3 is 0 Å². The van der Waals surface area contributed by atoms with Crippen LogP contribution in [0.15, 0.2) is 40.7 Å². The molecule has 0 bridgehead atoms. The van der Waals surface area contributed by atoms with Gasteiger partial charge in [-0.05, 0) is 42.5 Å². The first-order chi connectivity index (χ1) is 13.6. The molecule has 29 heavy (non-hydrogen) atoms. The topological polar surface area (TPSA) is 48.9 Å². The molecule has 2 atom stereocenters. The number of benzene rings is 1. The number of morpholine rings is 1. The first-order valence-electron chi connectivity index (χ1n) is 9.67. The number of guanidine groups is 1. The van der Waals surface area contributed by atoms with Crippen LogP contribution in [0.4, 0.5) is 4.39 Å². The monoisotopic (exact) mass is 532 g/mol. The number of aliphatic imine (C=N–C) groups is 1. The Labute approximate surface area is 193 Å². The van der Waals surface area contributed by atoms with Gasteiger partial charge in [-0.1, -0.05) is 18.2 Å². The zero-order valence-electron chi connectivity index (χ0n) is 17.2. The van der Waals surface area contributed by atoms with Crippen LogP contribution in [0.3, 0.4) is 0 Å². The number of rotatable bonds is 6. The van der Waals surface area contributed by atoms with Gasteiger partial charge in [0.25, 0.3) is 0 Å². The maximum absolute atomic E-state index is 13.9. The maximum Gasteiger partial charge on any atom is 0.191 e. The molecule has 1 aromatic carbocycles. The van der Waals surface area contributed by atoms with Crippen LogP contribution in [0.1, 0.15) is 35.0 Å². The molecule has 2 heterocycles. The van der Waals surface area contributed by atoms with Crippen LogP contribution < -0.4 is 10.6 Å². The Kier molecular flexibility index (Phi) is 9.81. The Bertz CT molecular complexity index is 781. The molecule has 1 fully saturated rings. The van der Waals surface area contributed by atoms with Gasteiger partial charge in [-0.3, -0.25) is 9.89 Å². The van der Waals surface area contributed by atoms with Crippen LogP contribution in [0.2, 0.25) is 0 Å². The smallest absolute Gasteiger partial charge is 0.191 e. The van der Waals surface area contributed by atoms with Crippen molar-refractivity contribution >= 4 is 41.3 Å². The molecule has 2 unspecified atom stereocenters. The second-order valence-corrected chi connectivity index (χ2v) is 7.99. The van der Waals surface area contributed by atoms with Crippen molar-refractivity contribution in [2.45, 2.75) is 25.9 Å². The number of hydrogen-bond donors (Lipinski definition) is 2. The molecule has 1 aliphatic heterocycles. The Morgan fingerprint density at radius 1 is 1.31 bits per heavy atom. The van der Waals surface area contributed by atoms with Gasteiger partial charge in [0.1, 0.15) is 5.82 Å². The van der Waals surface area contributed by atoms with Crippen LogP contribution in [0.5, 0.6) is 0 Å². The van der Waals surface area contributed by atoms with Crippen molar-refractivity contribution in [3.05, 3.63) is 57.5 Å². The molecule has 5 nitrogen and oxygen atoms in total. The molecule has 8 heteroatoms. The molecule has 1 saturated heterocycles. The molecule has 2 aromatic rings. The first kappa shape index (κ1) is 24.0. The zero-order valence-corrected chi connectivity index (χ0v) is 20.3. The third-order valence-corrected chi connectivity index (χ3v) is 6.07. The third kappa shape index (κ3) is 6.63. The minimum Gasteiger partial charge on any atom is -0.379 e. The molecule has 1 aromatic heterocycles. The highest BCUT2D eigenvalue weighted by Crippen LogP contribution is 2.25. The fourth-order valence-corrected chi connectivity index (χ4v) is 4.20. The summed E-state index contributed by atoms with van der Waals surface area (Å²) in [5, 5.41) is 8.93. The van der Waals surface area contributed by atoms with Crippen molar-refractivity contribution in [3.63, 3.8) is 0 Å². The molecule has 160 valence electrons. The summed E-state index contributed by atoms with van der Waals surface area (Å²) in [6, 6.07) is 9.84. The Hall–Kier alpha value is -1.23. The van der Waals surface area contributed by atoms with E-state index < -0.39 is 0 Å². The molecule has 0 spiro atoms. The van der Waals surface area contributed by atoms with E-state index in [2.05, 4.69) is 38.0 Å². The lowest BCUT2D eigenvalue weighted by Crippen LogP contribution is -2.46. The summed E-state index contributed by atoms with van der Waals surface area (Å²) in [4.78, 5) is 8.14. The number of halogens is 2. The van der Waals surface area contributed by atoms with Gasteiger partial charge in [0.2, 0.25) is 0 Å². The van der Waals surface area contributed by atoms with E-state index in [-0.39, 0.29) is 41.9 Å². The van der Waals surface area contributed by atoms with E-state index in [1.165, 1.54) is 4.88 Å². The zero-order chi connectivity index (χ0) is 19.9. The minimum absolute atomic E-state index is 0. The number of hydrogen-bond acceptors (Lipinski definition) is 4. The van der Waals surface area contributed by atoms with E-state index in [0.29, 0.717) is 11.5 Å². The lowest BCUT2D eigenvalue weighted by molar-refractivity contribution is 0.0177. The summed E-state index contributed by atoms with van der Waals surface area (Å²) in [7, 11) is 1.76. The average molecular weight is 532 g/mol. The van der Waals surface area contributed by atoms with E-state index >= 15 is 0 Å². The van der Waals surface area contributed by atoms with Crippen LogP contribution >= 0.6 is 35.3 Å². The minimum atomic E-state index is -0.181. The molecule has 0 saturated carbocycles. The molecule has 3 rings (SSSR count). The van der Waals surface area contributed by atoms with Gasteiger partial charge in [-0.25, -0.2) is 4.39 Å². The molecular formula is C21H30FIN4OS. The molecule has 0 aliphatic carbocycles. The predicted octanol–water partition coefficient (Wildman–Crippen LogP) is 4.11. The normalized spacial score (nSPS) is 17.3. The highest BCUT2D eigenvalue weighted by Gasteiger charge is 2.23. The van der Waals surface area contributed by atoms with Crippen molar-refractivity contribution in [1.29, 1.82) is 0 Å². The van der Waals surface area contributed by atoms with Gasteiger partial charge in [-0.15, -0.1) is 35.3 Å². The van der Waals surface area contributed by atoms with Gasteiger partial charge in [0.15, 0.2) is 5.96 Å². The van der Waals surface area contributed by atoms with Gasteiger partial charge < -0.3 is 15.4 Å². The Morgan fingerprint density at radius 3 is 2.69 bits per heavy atom. The third-order valence-electron chi connectivity index (χ3n) is 5.09. The summed E-state index contributed by atoms with van der Waals surface area (Å²) in [5.74, 6) is 0.530. The number of thiophene rings is 1. The first-order valence-corrected chi connectivity index (χ1v) is 10.5. The van der Waals surface area contributed by atoms with E-state index in [1.807, 2.05) is 19.1 Å². The predicted molar refractivity (Wildman–Crippen MR) is 129 cm³/mol. The summed E-state index contributed by atoms with van der Waals surface area (Å²) < 4.78 is 19.4. The van der Waals surface area contributed by atoms with E-state index in [4.69, 9.17) is 4.74 Å². The number of nitrogens with one attached hydrogen (secondary N) is 2. The van der Waals surface area contributed by atoms with Crippen molar-refractivity contribution in [2.24, 2.45) is 4.99 Å². The highest BCUT2D eigenvalue weighted by molar-refractivity contribution is 14.0. The van der Waals surface area contributed by atoms with Crippen molar-refractivity contribution in [2.75, 3.05) is 39.9 Å². The number of aryl methyl sites for hydroxylation is 1. The summed E-state index contributed by atoms with van der Waals surface area (Å²) in [6.07, 6.45) is 0. The van der Waals surface area contributed by atoms with Gasteiger partial charge in [0.05, 0.1) is 25.3 Å². The average Bonchev–Trinajstić information content (AvgIpc) is 3.24. The van der Waals surface area contributed by atoms with Crippen molar-refractivity contribution in [3.8, 4) is 0 Å². The van der Waals surface area contributed by atoms with E-state index in [9.17, 15) is 4.39 Å². The van der Waals surface area contributed by atoms with Crippen molar-refractivity contribution < 1.29 is 9.13 Å². The van der Waals surface area contributed by atoms with Gasteiger partial charge in [-0.2, -0.15) is 0 Å². The quantitative estimate of drug-likeness (QED) is 0.334. The Morgan fingerprint density at radius 2 is 2.07 bits per heavy atom. The van der Waals surface area contributed by atoms with Crippen LogP contribution in [-0.2, 0) is 4.74 Å². The molecule has 2 N–H and O–H groups in total. The fourth-order valence-electron chi connectivity index (χ4n) is 3.33. The lowest BCUT2D eigenvalue weighted by atomic mass is 10.1. The highest BCUT2D eigenvalue weighted by atomic mass is 127. The lowest BCUT2D eigenvalue weighted by Gasteiger charge is -2.34. The Balaban J connectivity index is 0.00000300. The summed E-state index contributed by atoms with van der Waals surface area (Å²) >= 11 is 1.77.